The van der Waals surface area contributed by atoms with Crippen LogP contribution in [0, 0.1) is 0 Å². The van der Waals surface area contributed by atoms with E-state index >= 15 is 0 Å². The van der Waals surface area contributed by atoms with Crippen molar-refractivity contribution in [3.8, 4) is 0 Å². The van der Waals surface area contributed by atoms with Crippen LogP contribution >= 0.6 is 23.2 Å². The second kappa shape index (κ2) is 6.44. The third-order valence-corrected chi connectivity index (χ3v) is 3.12. The number of rotatable bonds is 4. The molecule has 0 atom stereocenters. The zero-order chi connectivity index (χ0) is 14.5. The van der Waals surface area contributed by atoms with E-state index in [2.05, 4.69) is 4.99 Å². The topological polar surface area (TPSA) is 50.4 Å². The molecular formula is C14H9Cl2N2O2+. The summed E-state index contributed by atoms with van der Waals surface area (Å²) in [4.78, 5) is 25.9. The Morgan fingerprint density at radius 3 is 2.80 bits per heavy atom. The Hall–Kier alpha value is -2.00. The molecule has 20 heavy (non-hydrogen) atoms. The number of aromatic nitrogens is 1. The SMILES string of the molecule is O=C=Nc1ccc[n+](CC(=O)c2ccc(Cl)cc2Cl)c1. The van der Waals surface area contributed by atoms with Crippen molar-refractivity contribution in [2.45, 2.75) is 6.54 Å². The maximum atomic E-state index is 12.2. The molecule has 2 aromatic rings. The van der Waals surface area contributed by atoms with Gasteiger partial charge in [0.05, 0.1) is 5.02 Å². The van der Waals surface area contributed by atoms with Gasteiger partial charge in [-0.3, -0.25) is 4.79 Å². The Morgan fingerprint density at radius 1 is 1.30 bits per heavy atom. The summed E-state index contributed by atoms with van der Waals surface area (Å²) in [6, 6.07) is 8.04. The molecule has 0 unspecified atom stereocenters. The molecule has 0 aliphatic heterocycles. The largest absolute Gasteiger partial charge is 0.287 e. The van der Waals surface area contributed by atoms with E-state index in [1.807, 2.05) is 0 Å². The molecule has 6 heteroatoms. The Morgan fingerprint density at radius 2 is 2.10 bits per heavy atom. The molecule has 1 heterocycles. The third kappa shape index (κ3) is 3.52. The number of benzene rings is 1. The van der Waals surface area contributed by atoms with Gasteiger partial charge in [0.1, 0.15) is 5.69 Å². The first-order chi connectivity index (χ1) is 9.60. The number of nitrogens with zero attached hydrogens (tertiary/aromatic N) is 2. The molecule has 0 amide bonds. The number of hydrogen-bond acceptors (Lipinski definition) is 3. The molecule has 0 aliphatic rings. The van der Waals surface area contributed by atoms with Crippen LogP contribution in [0.15, 0.2) is 47.7 Å². The molecule has 0 radical (unpaired) electrons. The van der Waals surface area contributed by atoms with Gasteiger partial charge in [-0.25, -0.2) is 4.79 Å². The molecule has 1 aromatic carbocycles. The van der Waals surface area contributed by atoms with E-state index in [9.17, 15) is 9.59 Å². The van der Waals surface area contributed by atoms with Crippen molar-refractivity contribution >= 4 is 40.8 Å². The first kappa shape index (κ1) is 14.4. The van der Waals surface area contributed by atoms with Gasteiger partial charge in [0.15, 0.2) is 12.4 Å². The monoisotopic (exact) mass is 307 g/mol. The average Bonchev–Trinajstić information content (AvgIpc) is 2.39. The quantitative estimate of drug-likeness (QED) is 0.377. The lowest BCUT2D eigenvalue weighted by atomic mass is 10.1. The van der Waals surface area contributed by atoms with Crippen LogP contribution in [0.5, 0.6) is 0 Å². The first-order valence-electron chi connectivity index (χ1n) is 5.65. The smallest absolute Gasteiger partial charge is 0.240 e. The molecule has 0 spiro atoms. The van der Waals surface area contributed by atoms with Gasteiger partial charge in [-0.15, -0.1) is 0 Å². The van der Waals surface area contributed by atoms with E-state index in [4.69, 9.17) is 23.2 Å². The zero-order valence-corrected chi connectivity index (χ0v) is 11.7. The van der Waals surface area contributed by atoms with E-state index in [0.29, 0.717) is 21.3 Å². The molecular weight excluding hydrogens is 299 g/mol. The Kier molecular flexibility index (Phi) is 4.64. The summed E-state index contributed by atoms with van der Waals surface area (Å²) in [5.74, 6) is -0.163. The summed E-state index contributed by atoms with van der Waals surface area (Å²) >= 11 is 11.8. The number of Topliss-reactive ketones (excluding diaryl/α,β-unsaturated/α-hetero) is 1. The number of isocyanates is 1. The van der Waals surface area contributed by atoms with Crippen molar-refractivity contribution in [3.63, 3.8) is 0 Å². The number of hydrogen-bond donors (Lipinski definition) is 0. The second-order valence-electron chi connectivity index (χ2n) is 3.98. The molecule has 1 aromatic heterocycles. The first-order valence-corrected chi connectivity index (χ1v) is 6.41. The van der Waals surface area contributed by atoms with Crippen LogP contribution in [0.3, 0.4) is 0 Å². The van der Waals surface area contributed by atoms with Crippen molar-refractivity contribution in [1.29, 1.82) is 0 Å². The van der Waals surface area contributed by atoms with Crippen molar-refractivity contribution in [3.05, 3.63) is 58.3 Å². The average molecular weight is 308 g/mol. The number of carbonyl (C=O) groups is 1. The molecule has 0 aliphatic carbocycles. The van der Waals surface area contributed by atoms with Crippen LogP contribution < -0.4 is 4.57 Å². The highest BCUT2D eigenvalue weighted by Crippen LogP contribution is 2.21. The predicted octanol–water partition coefficient (Wildman–Crippen LogP) is 3.13. The minimum Gasteiger partial charge on any atom is -0.287 e. The number of aliphatic imine (C=N–C) groups is 1. The van der Waals surface area contributed by atoms with E-state index in [0.717, 1.165) is 0 Å². The summed E-state index contributed by atoms with van der Waals surface area (Å²) in [5.41, 5.74) is 0.824. The van der Waals surface area contributed by atoms with E-state index in [1.165, 1.54) is 12.1 Å². The minimum absolute atomic E-state index is 0.0869. The van der Waals surface area contributed by atoms with Gasteiger partial charge < -0.3 is 0 Å². The van der Waals surface area contributed by atoms with Gasteiger partial charge in [-0.05, 0) is 24.3 Å². The van der Waals surface area contributed by atoms with E-state index in [1.54, 1.807) is 41.2 Å². The number of ketones is 1. The molecule has 0 N–H and O–H groups in total. The molecule has 100 valence electrons. The summed E-state index contributed by atoms with van der Waals surface area (Å²) in [6.45, 7) is 0.0869. The fraction of sp³-hybridized carbons (Fsp3) is 0.0714. The molecule has 4 nitrogen and oxygen atoms in total. The fourth-order valence-corrected chi connectivity index (χ4v) is 2.21. The highest BCUT2D eigenvalue weighted by Gasteiger charge is 2.15. The minimum atomic E-state index is -0.163. The standard InChI is InChI=1S/C14H9Cl2N2O2/c15-10-3-4-12(13(16)6-10)14(20)8-18-5-1-2-11(7-18)17-9-19/h1-7H,8H2/q+1. The van der Waals surface area contributed by atoms with Crippen molar-refractivity contribution in [1.82, 2.24) is 0 Å². The molecule has 0 saturated carbocycles. The number of carbonyl (C=O) groups excluding carboxylic acids is 2. The van der Waals surface area contributed by atoms with Crippen molar-refractivity contribution in [2.24, 2.45) is 4.99 Å². The number of halogens is 2. The van der Waals surface area contributed by atoms with E-state index in [-0.39, 0.29) is 12.3 Å². The Labute approximate surface area is 125 Å². The second-order valence-corrected chi connectivity index (χ2v) is 4.83. The zero-order valence-electron chi connectivity index (χ0n) is 10.2. The highest BCUT2D eigenvalue weighted by atomic mass is 35.5. The van der Waals surface area contributed by atoms with Crippen LogP contribution in [-0.2, 0) is 11.3 Å². The third-order valence-electron chi connectivity index (χ3n) is 2.58. The van der Waals surface area contributed by atoms with Crippen molar-refractivity contribution in [2.75, 3.05) is 0 Å². The van der Waals surface area contributed by atoms with Gasteiger partial charge in [0.2, 0.25) is 18.4 Å². The van der Waals surface area contributed by atoms with Gasteiger partial charge >= 0.3 is 0 Å². The van der Waals surface area contributed by atoms with Crippen molar-refractivity contribution < 1.29 is 14.2 Å². The lowest BCUT2D eigenvalue weighted by Crippen LogP contribution is -2.37. The Bertz CT molecular complexity index is 710. The van der Waals surface area contributed by atoms with Crippen LogP contribution in [0.25, 0.3) is 0 Å². The molecule has 0 fully saturated rings. The van der Waals surface area contributed by atoms with E-state index < -0.39 is 0 Å². The highest BCUT2D eigenvalue weighted by molar-refractivity contribution is 6.36. The van der Waals surface area contributed by atoms with Gasteiger partial charge in [0, 0.05) is 16.7 Å². The number of pyridine rings is 1. The maximum Gasteiger partial charge on any atom is 0.240 e. The molecule has 0 saturated heterocycles. The van der Waals surface area contributed by atoms with Crippen LogP contribution in [0.1, 0.15) is 10.4 Å². The normalized spacial score (nSPS) is 9.90. The van der Waals surface area contributed by atoms with Gasteiger partial charge in [0.25, 0.3) is 0 Å². The maximum absolute atomic E-state index is 12.2. The molecule has 0 bridgehead atoms. The lowest BCUT2D eigenvalue weighted by molar-refractivity contribution is -0.682. The predicted molar refractivity (Wildman–Crippen MR) is 75.2 cm³/mol. The van der Waals surface area contributed by atoms with Gasteiger partial charge in [-0.2, -0.15) is 9.56 Å². The summed E-state index contributed by atoms with van der Waals surface area (Å²) < 4.78 is 1.61. The Balaban J connectivity index is 2.23. The van der Waals surface area contributed by atoms with Crippen LogP contribution in [0.2, 0.25) is 10.0 Å². The fourth-order valence-electron chi connectivity index (χ4n) is 1.69. The van der Waals surface area contributed by atoms with Crippen LogP contribution in [-0.4, -0.2) is 11.9 Å². The molecule has 2 rings (SSSR count). The summed E-state index contributed by atoms with van der Waals surface area (Å²) in [6.07, 6.45) is 4.73. The summed E-state index contributed by atoms with van der Waals surface area (Å²) in [7, 11) is 0. The lowest BCUT2D eigenvalue weighted by Gasteiger charge is -2.02. The van der Waals surface area contributed by atoms with Crippen LogP contribution in [0.4, 0.5) is 5.69 Å². The van der Waals surface area contributed by atoms with Gasteiger partial charge in [-0.1, -0.05) is 23.2 Å². The summed E-state index contributed by atoms with van der Waals surface area (Å²) in [5, 5.41) is 0.784.